The van der Waals surface area contributed by atoms with E-state index >= 15 is 0 Å². The molecule has 0 saturated heterocycles. The van der Waals surface area contributed by atoms with Crippen molar-refractivity contribution < 1.29 is 22.0 Å². The Hall–Kier alpha value is -3.35. The van der Waals surface area contributed by atoms with Gasteiger partial charge in [-0.15, -0.1) is 10.2 Å². The van der Waals surface area contributed by atoms with Gasteiger partial charge in [0.25, 0.3) is 5.92 Å². The third-order valence-electron chi connectivity index (χ3n) is 5.32. The van der Waals surface area contributed by atoms with E-state index in [0.717, 1.165) is 28.5 Å². The summed E-state index contributed by atoms with van der Waals surface area (Å²) in [4.78, 5) is 0. The lowest BCUT2D eigenvalue weighted by Gasteiger charge is -2.18. The molecule has 3 aromatic heterocycles. The lowest BCUT2D eigenvalue weighted by Crippen LogP contribution is -2.16. The van der Waals surface area contributed by atoms with E-state index in [4.69, 9.17) is 0 Å². The minimum absolute atomic E-state index is 0.135. The standard InChI is InChI=1S/C22H22F5N7S/c1-12-9-13(2)34(31-12)14(3)19-29-30-20(35-19)28-18-7-8-33(32-18)11-15-10-16(22(25,26)27)5-6-17(15)21(4,23)24/h5-10,14H,11H2,1-4H3,(H,28,30,32). The zero-order valence-corrected chi connectivity index (χ0v) is 20.0. The van der Waals surface area contributed by atoms with E-state index in [1.807, 2.05) is 31.5 Å². The van der Waals surface area contributed by atoms with Crippen molar-refractivity contribution in [1.82, 2.24) is 29.8 Å². The molecule has 0 aliphatic carbocycles. The molecule has 0 fully saturated rings. The van der Waals surface area contributed by atoms with Crippen molar-refractivity contribution in [3.63, 3.8) is 0 Å². The van der Waals surface area contributed by atoms with Gasteiger partial charge in [-0.3, -0.25) is 9.36 Å². The monoisotopic (exact) mass is 511 g/mol. The second-order valence-electron chi connectivity index (χ2n) is 8.27. The maximum atomic E-state index is 14.0. The summed E-state index contributed by atoms with van der Waals surface area (Å²) in [5.41, 5.74) is 0.239. The van der Waals surface area contributed by atoms with Crippen LogP contribution in [0.4, 0.5) is 32.9 Å². The molecular weight excluding hydrogens is 489 g/mol. The Morgan fingerprint density at radius 2 is 1.77 bits per heavy atom. The molecule has 1 N–H and O–H groups in total. The molecule has 0 amide bonds. The highest BCUT2D eigenvalue weighted by molar-refractivity contribution is 7.15. The van der Waals surface area contributed by atoms with Gasteiger partial charge in [0.2, 0.25) is 5.13 Å². The molecule has 4 aromatic rings. The second-order valence-corrected chi connectivity index (χ2v) is 9.28. The van der Waals surface area contributed by atoms with E-state index in [2.05, 4.69) is 25.7 Å². The number of benzene rings is 1. The second kappa shape index (κ2) is 9.02. The molecule has 0 spiro atoms. The van der Waals surface area contributed by atoms with Gasteiger partial charge >= 0.3 is 6.18 Å². The van der Waals surface area contributed by atoms with Crippen LogP contribution >= 0.6 is 11.3 Å². The summed E-state index contributed by atoms with van der Waals surface area (Å²) in [6.07, 6.45) is -3.16. The first-order chi connectivity index (χ1) is 16.3. The number of hydrogen-bond acceptors (Lipinski definition) is 6. The summed E-state index contributed by atoms with van der Waals surface area (Å²) in [6.45, 7) is 6.20. The molecule has 0 saturated carbocycles. The fourth-order valence-corrected chi connectivity index (χ4v) is 4.51. The van der Waals surface area contributed by atoms with E-state index in [9.17, 15) is 22.0 Å². The molecule has 1 aromatic carbocycles. The van der Waals surface area contributed by atoms with E-state index in [-0.39, 0.29) is 18.2 Å². The highest BCUT2D eigenvalue weighted by atomic mass is 32.1. The van der Waals surface area contributed by atoms with Gasteiger partial charge in [-0.1, -0.05) is 17.4 Å². The van der Waals surface area contributed by atoms with Gasteiger partial charge in [-0.05, 0) is 44.5 Å². The van der Waals surface area contributed by atoms with Crippen LogP contribution in [0.3, 0.4) is 0 Å². The van der Waals surface area contributed by atoms with Crippen LogP contribution in [-0.4, -0.2) is 29.8 Å². The van der Waals surface area contributed by atoms with Gasteiger partial charge in [0.05, 0.1) is 17.8 Å². The molecule has 1 unspecified atom stereocenters. The number of hydrogen-bond donors (Lipinski definition) is 1. The van der Waals surface area contributed by atoms with Gasteiger partial charge in [-0.2, -0.15) is 23.4 Å². The number of anilines is 2. The Kier molecular flexibility index (Phi) is 6.38. The number of aromatic nitrogens is 6. The SMILES string of the molecule is Cc1cc(C)n(C(C)c2nnc(Nc3ccn(Cc4cc(C(F)(F)F)ccc4C(C)(F)F)n3)s2)n1. The molecule has 1 atom stereocenters. The molecule has 0 bridgehead atoms. The van der Waals surface area contributed by atoms with Gasteiger partial charge < -0.3 is 5.32 Å². The Labute approximate surface area is 201 Å². The van der Waals surface area contributed by atoms with Crippen molar-refractivity contribution in [2.24, 2.45) is 0 Å². The lowest BCUT2D eigenvalue weighted by atomic mass is 9.99. The highest BCUT2D eigenvalue weighted by Gasteiger charge is 2.34. The highest BCUT2D eigenvalue weighted by Crippen LogP contribution is 2.36. The number of aryl methyl sites for hydroxylation is 2. The summed E-state index contributed by atoms with van der Waals surface area (Å²) in [7, 11) is 0. The normalized spacial score (nSPS) is 13.3. The Morgan fingerprint density at radius 3 is 2.40 bits per heavy atom. The third-order valence-corrected chi connectivity index (χ3v) is 6.33. The predicted octanol–water partition coefficient (Wildman–Crippen LogP) is 6.08. The van der Waals surface area contributed by atoms with E-state index in [0.29, 0.717) is 23.9 Å². The van der Waals surface area contributed by atoms with Crippen LogP contribution in [0, 0.1) is 13.8 Å². The molecule has 0 aliphatic rings. The Bertz CT molecular complexity index is 1330. The maximum absolute atomic E-state index is 14.0. The first-order valence-corrected chi connectivity index (χ1v) is 11.4. The summed E-state index contributed by atoms with van der Waals surface area (Å²) in [6, 6.07) is 5.61. The zero-order valence-electron chi connectivity index (χ0n) is 19.2. The molecule has 4 rings (SSSR count). The first kappa shape index (κ1) is 24.8. The number of halogens is 5. The molecule has 0 radical (unpaired) electrons. The Balaban J connectivity index is 1.52. The van der Waals surface area contributed by atoms with Crippen molar-refractivity contribution in [3.8, 4) is 0 Å². The zero-order chi connectivity index (χ0) is 25.5. The van der Waals surface area contributed by atoms with Gasteiger partial charge in [-0.25, -0.2) is 8.78 Å². The summed E-state index contributed by atoms with van der Waals surface area (Å²) in [5.74, 6) is -2.96. The molecule has 13 heteroatoms. The van der Waals surface area contributed by atoms with Gasteiger partial charge in [0.15, 0.2) is 5.82 Å². The van der Waals surface area contributed by atoms with Gasteiger partial charge in [0.1, 0.15) is 11.0 Å². The summed E-state index contributed by atoms with van der Waals surface area (Å²) >= 11 is 1.30. The van der Waals surface area contributed by atoms with Crippen LogP contribution in [0.15, 0.2) is 36.5 Å². The quantitative estimate of drug-likeness (QED) is 0.305. The fourth-order valence-electron chi connectivity index (χ4n) is 3.73. The Morgan fingerprint density at radius 1 is 1.03 bits per heavy atom. The average Bonchev–Trinajstić information content (AvgIpc) is 3.47. The smallest absolute Gasteiger partial charge is 0.313 e. The molecular formula is C22H22F5N7S. The number of rotatable bonds is 7. The van der Waals surface area contributed by atoms with Crippen LogP contribution in [0.1, 0.15) is 53.0 Å². The number of nitrogens with zero attached hydrogens (tertiary/aromatic N) is 6. The minimum atomic E-state index is -4.65. The van der Waals surface area contributed by atoms with Crippen LogP contribution in [-0.2, 0) is 18.6 Å². The van der Waals surface area contributed by atoms with Crippen LogP contribution < -0.4 is 5.32 Å². The minimum Gasteiger partial charge on any atom is -0.313 e. The van der Waals surface area contributed by atoms with E-state index in [1.54, 1.807) is 6.07 Å². The van der Waals surface area contributed by atoms with Crippen molar-refractivity contribution in [1.29, 1.82) is 0 Å². The van der Waals surface area contributed by atoms with Crippen molar-refractivity contribution >= 4 is 22.3 Å². The molecule has 3 heterocycles. The van der Waals surface area contributed by atoms with Crippen molar-refractivity contribution in [3.05, 3.63) is 69.6 Å². The van der Waals surface area contributed by atoms with Crippen molar-refractivity contribution in [2.45, 2.75) is 52.4 Å². The van der Waals surface area contributed by atoms with Crippen LogP contribution in [0.2, 0.25) is 0 Å². The van der Waals surface area contributed by atoms with Gasteiger partial charge in [0, 0.05) is 30.4 Å². The topological polar surface area (TPSA) is 73.5 Å². The van der Waals surface area contributed by atoms with E-state index < -0.39 is 23.2 Å². The molecule has 186 valence electrons. The number of alkyl halides is 5. The number of nitrogens with one attached hydrogen (secondary N) is 1. The lowest BCUT2D eigenvalue weighted by molar-refractivity contribution is -0.137. The third kappa shape index (κ3) is 5.50. The molecule has 7 nitrogen and oxygen atoms in total. The van der Waals surface area contributed by atoms with Crippen molar-refractivity contribution in [2.75, 3.05) is 5.32 Å². The largest absolute Gasteiger partial charge is 0.416 e. The first-order valence-electron chi connectivity index (χ1n) is 10.6. The average molecular weight is 512 g/mol. The van der Waals surface area contributed by atoms with Crippen LogP contribution in [0.5, 0.6) is 0 Å². The summed E-state index contributed by atoms with van der Waals surface area (Å²) in [5, 5.41) is 21.2. The summed E-state index contributed by atoms with van der Waals surface area (Å²) < 4.78 is 70.6. The molecule has 0 aliphatic heterocycles. The molecule has 35 heavy (non-hydrogen) atoms. The van der Waals surface area contributed by atoms with E-state index in [1.165, 1.54) is 22.2 Å². The maximum Gasteiger partial charge on any atom is 0.416 e. The predicted molar refractivity (Wildman–Crippen MR) is 121 cm³/mol. The van der Waals surface area contributed by atoms with Crippen LogP contribution in [0.25, 0.3) is 0 Å². The fraction of sp³-hybridized carbons (Fsp3) is 0.364.